The van der Waals surface area contributed by atoms with Crippen LogP contribution in [0, 0.1) is 18.8 Å². The van der Waals surface area contributed by atoms with Crippen molar-refractivity contribution >= 4 is 13.4 Å². The minimum atomic E-state index is -3.39. The van der Waals surface area contributed by atoms with E-state index >= 15 is 0 Å². The third kappa shape index (κ3) is 14.9. The van der Waals surface area contributed by atoms with Crippen LogP contribution < -0.4 is 10.4 Å². The van der Waals surface area contributed by atoms with Crippen LogP contribution >= 0.6 is 7.52 Å². The second kappa shape index (κ2) is 12.2. The van der Waals surface area contributed by atoms with Crippen molar-refractivity contribution < 1.29 is 14.3 Å². The highest BCUT2D eigenvalue weighted by atomic mass is 31.2. The topological polar surface area (TPSA) is 78.4 Å². The van der Waals surface area contributed by atoms with Crippen molar-refractivity contribution in [3.63, 3.8) is 0 Å². The molecule has 1 unspecified atom stereocenters. The molecule has 1 amide bonds. The largest absolute Gasteiger partial charge is 0.355 e. The lowest BCUT2D eigenvalue weighted by atomic mass is 10.0. The van der Waals surface area contributed by atoms with Crippen LogP contribution in [0.25, 0.3) is 0 Å². The fourth-order valence-corrected chi connectivity index (χ4v) is 2.92. The third-order valence-electron chi connectivity index (χ3n) is 3.38. The van der Waals surface area contributed by atoms with E-state index < -0.39 is 13.6 Å². The van der Waals surface area contributed by atoms with Gasteiger partial charge >= 0.3 is 0 Å². The summed E-state index contributed by atoms with van der Waals surface area (Å²) in [6, 6.07) is 9.66. The molecule has 1 rings (SSSR count). The van der Waals surface area contributed by atoms with Crippen LogP contribution in [0.2, 0.25) is 0 Å². The summed E-state index contributed by atoms with van der Waals surface area (Å²) < 4.78 is 11.4. The molecule has 0 aliphatic heterocycles. The molecule has 0 aliphatic rings. The number of benzene rings is 1. The maximum atomic E-state index is 11.9. The Labute approximate surface area is 153 Å². The van der Waals surface area contributed by atoms with Gasteiger partial charge in [0.1, 0.15) is 0 Å². The maximum absolute atomic E-state index is 11.9. The standard InChI is InChI=1S/C12H27N2O3P.C7H8/c1-9(2)6-7-13-12(15)11(8-10(3)4)14-18(5,16)17;1-7-5-3-2-4-6-7/h9-11H,6-8H2,1-5H3,(H,13,15)(H2,14,16,17);2-6H,1H3/t11-;/m0./s1. The van der Waals surface area contributed by atoms with E-state index in [0.717, 1.165) is 6.42 Å². The van der Waals surface area contributed by atoms with E-state index in [0.29, 0.717) is 18.9 Å². The monoisotopic (exact) mass is 370 g/mol. The number of carbonyl (C=O) groups is 1. The molecule has 1 aromatic rings. The number of aryl methyl sites for hydroxylation is 1. The minimum absolute atomic E-state index is 0.194. The first-order valence-corrected chi connectivity index (χ1v) is 11.0. The Balaban J connectivity index is 0.000000676. The molecule has 0 fully saturated rings. The molecule has 2 atom stereocenters. The maximum Gasteiger partial charge on any atom is 0.264 e. The van der Waals surface area contributed by atoms with E-state index in [2.05, 4.69) is 43.3 Å². The number of nitrogens with one attached hydrogen (secondary N) is 2. The number of rotatable bonds is 8. The molecule has 0 aliphatic carbocycles. The van der Waals surface area contributed by atoms with Gasteiger partial charge in [-0.25, -0.2) is 5.09 Å². The Morgan fingerprint density at radius 2 is 1.68 bits per heavy atom. The van der Waals surface area contributed by atoms with Gasteiger partial charge in [0.05, 0.1) is 6.04 Å². The predicted octanol–water partition coefficient (Wildman–Crippen LogP) is 3.96. The normalized spacial score (nSPS) is 14.4. The van der Waals surface area contributed by atoms with Gasteiger partial charge in [0, 0.05) is 13.2 Å². The molecule has 0 saturated carbocycles. The van der Waals surface area contributed by atoms with Crippen molar-refractivity contribution in [1.29, 1.82) is 0 Å². The van der Waals surface area contributed by atoms with Gasteiger partial charge in [-0.3, -0.25) is 9.36 Å². The molecule has 6 heteroatoms. The zero-order valence-corrected chi connectivity index (χ0v) is 17.3. The lowest BCUT2D eigenvalue weighted by Crippen LogP contribution is -2.44. The Morgan fingerprint density at radius 1 is 1.12 bits per heavy atom. The quantitative estimate of drug-likeness (QED) is 0.605. The van der Waals surface area contributed by atoms with Gasteiger partial charge < -0.3 is 10.2 Å². The summed E-state index contributed by atoms with van der Waals surface area (Å²) in [6.45, 7) is 12.0. The number of hydrogen-bond acceptors (Lipinski definition) is 2. The first kappa shape index (κ1) is 23.8. The molecule has 0 radical (unpaired) electrons. The van der Waals surface area contributed by atoms with Crippen molar-refractivity contribution in [2.75, 3.05) is 13.2 Å². The summed E-state index contributed by atoms with van der Waals surface area (Å²) in [5.41, 5.74) is 1.32. The molecular weight excluding hydrogens is 335 g/mol. The second-order valence-electron chi connectivity index (χ2n) is 7.32. The van der Waals surface area contributed by atoms with Crippen LogP contribution in [-0.4, -0.2) is 30.1 Å². The Hall–Kier alpha value is -1.16. The van der Waals surface area contributed by atoms with Crippen molar-refractivity contribution in [1.82, 2.24) is 10.4 Å². The Bertz CT molecular complexity index is 527. The summed E-state index contributed by atoms with van der Waals surface area (Å²) in [5, 5.41) is 5.33. The first-order chi connectivity index (χ1) is 11.5. The summed E-state index contributed by atoms with van der Waals surface area (Å²) in [4.78, 5) is 21.3. The van der Waals surface area contributed by atoms with Crippen LogP contribution in [0.3, 0.4) is 0 Å². The summed E-state index contributed by atoms with van der Waals surface area (Å²) in [5.74, 6) is 0.613. The highest BCUT2D eigenvalue weighted by Gasteiger charge is 2.24. The number of carbonyl (C=O) groups excluding carboxylic acids is 1. The van der Waals surface area contributed by atoms with Gasteiger partial charge in [-0.15, -0.1) is 0 Å². The van der Waals surface area contributed by atoms with E-state index in [9.17, 15) is 14.3 Å². The SMILES string of the molecule is CC(C)CCNC(=O)[C@H](CC(C)C)NP(C)(=O)O.Cc1ccccc1. The van der Waals surface area contributed by atoms with Gasteiger partial charge in [-0.2, -0.15) is 0 Å². The van der Waals surface area contributed by atoms with Crippen LogP contribution in [0.5, 0.6) is 0 Å². The smallest absolute Gasteiger partial charge is 0.264 e. The second-order valence-corrected chi connectivity index (χ2v) is 9.34. The first-order valence-electron chi connectivity index (χ1n) is 8.88. The summed E-state index contributed by atoms with van der Waals surface area (Å²) in [7, 11) is -3.39. The average molecular weight is 370 g/mol. The molecule has 0 spiro atoms. The van der Waals surface area contributed by atoms with E-state index in [4.69, 9.17) is 0 Å². The molecule has 1 aromatic carbocycles. The molecule has 3 N–H and O–H groups in total. The molecular formula is C19H35N2O3P. The third-order valence-corrected chi connectivity index (χ3v) is 4.17. The van der Waals surface area contributed by atoms with Crippen molar-refractivity contribution in [3.05, 3.63) is 35.9 Å². The molecule has 144 valence electrons. The zero-order chi connectivity index (χ0) is 19.5. The zero-order valence-electron chi connectivity index (χ0n) is 16.5. The lowest BCUT2D eigenvalue weighted by molar-refractivity contribution is -0.123. The number of amides is 1. The van der Waals surface area contributed by atoms with Crippen LogP contribution in [0.4, 0.5) is 0 Å². The van der Waals surface area contributed by atoms with Crippen LogP contribution in [0.1, 0.15) is 46.1 Å². The molecule has 0 aromatic heterocycles. The highest BCUT2D eigenvalue weighted by Crippen LogP contribution is 2.31. The van der Waals surface area contributed by atoms with Gasteiger partial charge in [0.2, 0.25) is 5.91 Å². The van der Waals surface area contributed by atoms with Gasteiger partial charge in [-0.1, -0.05) is 63.6 Å². The molecule has 5 nitrogen and oxygen atoms in total. The fourth-order valence-electron chi connectivity index (χ4n) is 2.12. The molecule has 0 heterocycles. The Morgan fingerprint density at radius 3 is 2.04 bits per heavy atom. The molecule has 25 heavy (non-hydrogen) atoms. The number of hydrogen-bond donors (Lipinski definition) is 3. The lowest BCUT2D eigenvalue weighted by Gasteiger charge is -2.21. The fraction of sp³-hybridized carbons (Fsp3) is 0.632. The van der Waals surface area contributed by atoms with E-state index in [1.54, 1.807) is 0 Å². The van der Waals surface area contributed by atoms with Gasteiger partial charge in [0.25, 0.3) is 7.52 Å². The van der Waals surface area contributed by atoms with Gasteiger partial charge in [-0.05, 0) is 31.6 Å². The predicted molar refractivity (Wildman–Crippen MR) is 106 cm³/mol. The molecule has 0 bridgehead atoms. The summed E-state index contributed by atoms with van der Waals surface area (Å²) in [6.07, 6.45) is 1.45. The average Bonchev–Trinajstić information content (AvgIpc) is 2.45. The van der Waals surface area contributed by atoms with E-state index in [-0.39, 0.29) is 11.8 Å². The van der Waals surface area contributed by atoms with Crippen molar-refractivity contribution in [2.24, 2.45) is 11.8 Å². The van der Waals surface area contributed by atoms with Crippen molar-refractivity contribution in [2.45, 2.75) is 53.5 Å². The summed E-state index contributed by atoms with van der Waals surface area (Å²) >= 11 is 0. The minimum Gasteiger partial charge on any atom is -0.355 e. The van der Waals surface area contributed by atoms with E-state index in [1.165, 1.54) is 12.2 Å². The Kier molecular flexibility index (Phi) is 11.7. The van der Waals surface area contributed by atoms with Crippen LogP contribution in [0.15, 0.2) is 30.3 Å². The highest BCUT2D eigenvalue weighted by molar-refractivity contribution is 7.55. The van der Waals surface area contributed by atoms with Gasteiger partial charge in [0.15, 0.2) is 0 Å². The van der Waals surface area contributed by atoms with Crippen molar-refractivity contribution in [3.8, 4) is 0 Å². The molecule has 0 saturated heterocycles. The van der Waals surface area contributed by atoms with E-state index in [1.807, 2.05) is 32.0 Å². The van der Waals surface area contributed by atoms with Crippen LogP contribution in [-0.2, 0) is 9.36 Å².